The van der Waals surface area contributed by atoms with Crippen LogP contribution in [0.4, 0.5) is 10.1 Å². The van der Waals surface area contributed by atoms with E-state index in [9.17, 15) is 14.0 Å². The van der Waals surface area contributed by atoms with Crippen LogP contribution in [0.2, 0.25) is 0 Å². The SMILES string of the molecule is O=Cc1cc(F)c2c(c1)N(CCCN1CCOCC1)C(=O)CO2. The third kappa shape index (κ3) is 3.51. The summed E-state index contributed by atoms with van der Waals surface area (Å²) in [7, 11) is 0. The largest absolute Gasteiger partial charge is 0.478 e. The van der Waals surface area contributed by atoms with Crippen molar-refractivity contribution >= 4 is 17.9 Å². The van der Waals surface area contributed by atoms with E-state index in [1.807, 2.05) is 0 Å². The van der Waals surface area contributed by atoms with Crippen molar-refractivity contribution in [2.24, 2.45) is 0 Å². The van der Waals surface area contributed by atoms with Crippen molar-refractivity contribution in [2.45, 2.75) is 6.42 Å². The van der Waals surface area contributed by atoms with Crippen molar-refractivity contribution in [3.8, 4) is 5.75 Å². The van der Waals surface area contributed by atoms with Crippen molar-refractivity contribution in [1.29, 1.82) is 0 Å². The average molecular weight is 322 g/mol. The smallest absolute Gasteiger partial charge is 0.265 e. The van der Waals surface area contributed by atoms with Gasteiger partial charge >= 0.3 is 0 Å². The molecule has 2 aliphatic rings. The summed E-state index contributed by atoms with van der Waals surface area (Å²) in [5, 5.41) is 0. The van der Waals surface area contributed by atoms with Gasteiger partial charge < -0.3 is 14.4 Å². The van der Waals surface area contributed by atoms with Gasteiger partial charge in [-0.05, 0) is 18.6 Å². The van der Waals surface area contributed by atoms with Crippen molar-refractivity contribution in [2.75, 3.05) is 50.9 Å². The van der Waals surface area contributed by atoms with Crippen molar-refractivity contribution < 1.29 is 23.5 Å². The van der Waals surface area contributed by atoms with Gasteiger partial charge in [0, 0.05) is 31.7 Å². The van der Waals surface area contributed by atoms with Gasteiger partial charge in [0.2, 0.25) is 0 Å². The number of hydrogen-bond acceptors (Lipinski definition) is 5. The van der Waals surface area contributed by atoms with Crippen molar-refractivity contribution in [1.82, 2.24) is 4.90 Å². The molecule has 0 aromatic heterocycles. The van der Waals surface area contributed by atoms with Crippen LogP contribution in [0.15, 0.2) is 12.1 Å². The lowest BCUT2D eigenvalue weighted by atomic mass is 10.1. The van der Waals surface area contributed by atoms with Gasteiger partial charge in [0.15, 0.2) is 18.2 Å². The fourth-order valence-electron chi connectivity index (χ4n) is 2.88. The first-order chi connectivity index (χ1) is 11.2. The summed E-state index contributed by atoms with van der Waals surface area (Å²) >= 11 is 0. The molecule has 2 heterocycles. The molecule has 0 aliphatic carbocycles. The zero-order valence-corrected chi connectivity index (χ0v) is 12.8. The summed E-state index contributed by atoms with van der Waals surface area (Å²) in [6.07, 6.45) is 1.33. The molecule has 1 saturated heterocycles. The number of carbonyl (C=O) groups is 2. The van der Waals surface area contributed by atoms with Gasteiger partial charge in [-0.25, -0.2) is 4.39 Å². The summed E-state index contributed by atoms with van der Waals surface area (Å²) in [5.74, 6) is -0.793. The van der Waals surface area contributed by atoms with Crippen LogP contribution < -0.4 is 9.64 Å². The highest BCUT2D eigenvalue weighted by molar-refractivity contribution is 5.98. The molecule has 1 aromatic carbocycles. The van der Waals surface area contributed by atoms with Crippen LogP contribution in [-0.2, 0) is 9.53 Å². The second-order valence-electron chi connectivity index (χ2n) is 5.61. The van der Waals surface area contributed by atoms with Gasteiger partial charge in [0.05, 0.1) is 18.9 Å². The maximum atomic E-state index is 14.0. The number of halogens is 1. The number of aldehydes is 1. The Bertz CT molecular complexity index is 602. The quantitative estimate of drug-likeness (QED) is 0.760. The van der Waals surface area contributed by atoms with Crippen LogP contribution in [0.3, 0.4) is 0 Å². The van der Waals surface area contributed by atoms with Crippen LogP contribution >= 0.6 is 0 Å². The third-order valence-corrected chi connectivity index (χ3v) is 4.07. The average Bonchev–Trinajstić information content (AvgIpc) is 2.57. The normalized spacial score (nSPS) is 18.5. The first-order valence-corrected chi connectivity index (χ1v) is 7.71. The van der Waals surface area contributed by atoms with Crippen LogP contribution in [0.25, 0.3) is 0 Å². The number of anilines is 1. The zero-order chi connectivity index (χ0) is 16.2. The summed E-state index contributed by atoms with van der Waals surface area (Å²) in [6.45, 7) is 4.37. The summed E-state index contributed by atoms with van der Waals surface area (Å²) in [4.78, 5) is 26.8. The molecule has 1 amide bonds. The Morgan fingerprint density at radius 2 is 2.00 bits per heavy atom. The van der Waals surface area contributed by atoms with Gasteiger partial charge in [0.25, 0.3) is 5.91 Å². The highest BCUT2D eigenvalue weighted by Gasteiger charge is 2.28. The van der Waals surface area contributed by atoms with E-state index in [1.165, 1.54) is 11.0 Å². The molecule has 0 saturated carbocycles. The Hall–Kier alpha value is -1.99. The van der Waals surface area contributed by atoms with Crippen LogP contribution in [0.5, 0.6) is 5.75 Å². The fraction of sp³-hybridized carbons (Fsp3) is 0.500. The van der Waals surface area contributed by atoms with Crippen LogP contribution in [0.1, 0.15) is 16.8 Å². The predicted octanol–water partition coefficient (Wildman–Crippen LogP) is 1.09. The second-order valence-corrected chi connectivity index (χ2v) is 5.61. The van der Waals surface area contributed by atoms with E-state index in [4.69, 9.17) is 9.47 Å². The Morgan fingerprint density at radius 3 is 2.74 bits per heavy atom. The molecular formula is C16H19FN2O4. The number of morpholine rings is 1. The molecule has 0 spiro atoms. The summed E-state index contributed by atoms with van der Waals surface area (Å²) in [6, 6.07) is 2.62. The Morgan fingerprint density at radius 1 is 1.22 bits per heavy atom. The molecule has 0 unspecified atom stereocenters. The molecule has 2 aliphatic heterocycles. The van der Waals surface area contributed by atoms with Gasteiger partial charge in [-0.2, -0.15) is 0 Å². The zero-order valence-electron chi connectivity index (χ0n) is 12.8. The molecule has 1 fully saturated rings. The van der Waals surface area contributed by atoms with E-state index >= 15 is 0 Å². The molecule has 7 heteroatoms. The number of carbonyl (C=O) groups excluding carboxylic acids is 2. The van der Waals surface area contributed by atoms with E-state index in [2.05, 4.69) is 4.90 Å². The highest BCUT2D eigenvalue weighted by atomic mass is 19.1. The number of ether oxygens (including phenoxy) is 2. The molecule has 3 rings (SSSR count). The van der Waals surface area contributed by atoms with Crippen molar-refractivity contribution in [3.63, 3.8) is 0 Å². The monoisotopic (exact) mass is 322 g/mol. The summed E-state index contributed by atoms with van der Waals surface area (Å²) in [5.41, 5.74) is 0.531. The maximum absolute atomic E-state index is 14.0. The molecule has 0 atom stereocenters. The highest BCUT2D eigenvalue weighted by Crippen LogP contribution is 2.35. The molecular weight excluding hydrogens is 303 g/mol. The van der Waals surface area contributed by atoms with E-state index in [0.717, 1.165) is 45.3 Å². The summed E-state index contributed by atoms with van der Waals surface area (Å²) < 4.78 is 24.5. The molecule has 0 bridgehead atoms. The minimum atomic E-state index is -0.615. The molecule has 124 valence electrons. The Kier molecular flexibility index (Phi) is 4.88. The molecule has 0 radical (unpaired) electrons. The van der Waals surface area contributed by atoms with E-state index < -0.39 is 5.82 Å². The first-order valence-electron chi connectivity index (χ1n) is 7.71. The number of benzene rings is 1. The lowest BCUT2D eigenvalue weighted by Gasteiger charge is -2.31. The number of fused-ring (bicyclic) bond motifs is 1. The van der Waals surface area contributed by atoms with Crippen LogP contribution in [-0.4, -0.2) is 63.1 Å². The Labute approximate surface area is 133 Å². The number of amides is 1. The van der Waals surface area contributed by atoms with Gasteiger partial charge in [-0.3, -0.25) is 14.5 Å². The van der Waals surface area contributed by atoms with Crippen LogP contribution in [0, 0.1) is 5.82 Å². The van der Waals surface area contributed by atoms with Gasteiger partial charge in [-0.15, -0.1) is 0 Å². The first kappa shape index (κ1) is 15.9. The number of rotatable bonds is 5. The third-order valence-electron chi connectivity index (χ3n) is 4.07. The maximum Gasteiger partial charge on any atom is 0.265 e. The standard InChI is InChI=1S/C16H19FN2O4/c17-13-8-12(10-20)9-14-16(13)23-11-15(21)19(14)3-1-2-18-4-6-22-7-5-18/h8-10H,1-7,11H2. The van der Waals surface area contributed by atoms with E-state index in [0.29, 0.717) is 18.5 Å². The molecule has 0 N–H and O–H groups in total. The minimum Gasteiger partial charge on any atom is -0.478 e. The molecule has 1 aromatic rings. The van der Waals surface area contributed by atoms with Gasteiger partial charge in [-0.1, -0.05) is 0 Å². The Balaban J connectivity index is 1.70. The predicted molar refractivity (Wildman–Crippen MR) is 81.5 cm³/mol. The fourth-order valence-corrected chi connectivity index (χ4v) is 2.88. The lowest BCUT2D eigenvalue weighted by Crippen LogP contribution is -2.42. The number of nitrogens with zero attached hydrogens (tertiary/aromatic N) is 2. The number of hydrogen-bond donors (Lipinski definition) is 0. The van der Waals surface area contributed by atoms with E-state index in [-0.39, 0.29) is 23.8 Å². The topological polar surface area (TPSA) is 59.1 Å². The second kappa shape index (κ2) is 7.06. The van der Waals surface area contributed by atoms with E-state index in [1.54, 1.807) is 0 Å². The van der Waals surface area contributed by atoms with Crippen molar-refractivity contribution in [3.05, 3.63) is 23.5 Å². The molecule has 6 nitrogen and oxygen atoms in total. The lowest BCUT2D eigenvalue weighted by molar-refractivity contribution is -0.121. The minimum absolute atomic E-state index is 0.0431. The van der Waals surface area contributed by atoms with Gasteiger partial charge in [0.1, 0.15) is 6.29 Å². The molecule has 23 heavy (non-hydrogen) atoms.